The fourth-order valence-electron chi connectivity index (χ4n) is 5.05. The fraction of sp³-hybridized carbons (Fsp3) is 0.308. The molecular formula is C26H25N3O5S. The predicted octanol–water partition coefficient (Wildman–Crippen LogP) is 4.88. The second kappa shape index (κ2) is 9.87. The third-order valence-corrected chi connectivity index (χ3v) is 7.39. The Morgan fingerprint density at radius 3 is 2.40 bits per heavy atom. The van der Waals surface area contributed by atoms with Gasteiger partial charge in [-0.05, 0) is 47.4 Å². The number of carbonyl (C=O) groups excluding carboxylic acids is 2. The molecular weight excluding hydrogens is 466 g/mol. The summed E-state index contributed by atoms with van der Waals surface area (Å²) >= 11 is 1.15. The largest absolute Gasteiger partial charge is 0.481 e. The molecule has 1 heterocycles. The summed E-state index contributed by atoms with van der Waals surface area (Å²) in [5, 5.41) is 16.3. The highest BCUT2D eigenvalue weighted by atomic mass is 32.1. The van der Waals surface area contributed by atoms with Crippen molar-refractivity contribution in [3.8, 4) is 11.1 Å². The van der Waals surface area contributed by atoms with E-state index in [0.717, 1.165) is 46.4 Å². The molecule has 0 saturated heterocycles. The number of benzene rings is 2. The van der Waals surface area contributed by atoms with Crippen LogP contribution in [0, 0.1) is 5.92 Å². The molecule has 0 radical (unpaired) electrons. The number of ether oxygens (including phenoxy) is 1. The molecule has 0 unspecified atom stereocenters. The fourth-order valence-corrected chi connectivity index (χ4v) is 5.73. The summed E-state index contributed by atoms with van der Waals surface area (Å²) in [4.78, 5) is 40.1. The lowest BCUT2D eigenvalue weighted by Gasteiger charge is -2.14. The average molecular weight is 492 g/mol. The number of carboxylic acid groups (broad SMARTS) is 1. The van der Waals surface area contributed by atoms with Crippen molar-refractivity contribution in [1.29, 1.82) is 0 Å². The number of anilines is 1. The van der Waals surface area contributed by atoms with Crippen molar-refractivity contribution in [1.82, 2.24) is 10.3 Å². The zero-order chi connectivity index (χ0) is 24.4. The van der Waals surface area contributed by atoms with Gasteiger partial charge in [-0.25, -0.2) is 9.78 Å². The Hall–Kier alpha value is -3.72. The van der Waals surface area contributed by atoms with Crippen LogP contribution in [0.4, 0.5) is 9.93 Å². The minimum Gasteiger partial charge on any atom is -0.481 e. The SMILES string of the molecule is O=C(O)C[C@@H]1CC[C@H](NC(=O)c2csc(NC(=O)OCC3c4ccccc4-c4ccccc43)n2)C1. The first-order valence-corrected chi connectivity index (χ1v) is 12.5. The highest BCUT2D eigenvalue weighted by Crippen LogP contribution is 2.44. The number of nitrogens with zero attached hydrogens (tertiary/aromatic N) is 1. The Kier molecular flexibility index (Phi) is 6.50. The van der Waals surface area contributed by atoms with E-state index in [2.05, 4.69) is 39.9 Å². The van der Waals surface area contributed by atoms with Gasteiger partial charge < -0.3 is 15.2 Å². The molecule has 1 fully saturated rings. The third kappa shape index (κ3) is 5.05. The molecule has 2 aromatic carbocycles. The maximum atomic E-state index is 12.5. The molecule has 2 aliphatic rings. The predicted molar refractivity (Wildman–Crippen MR) is 132 cm³/mol. The number of nitrogens with one attached hydrogen (secondary N) is 2. The van der Waals surface area contributed by atoms with Crippen LogP contribution < -0.4 is 10.6 Å². The Bertz CT molecular complexity index is 1230. The number of amides is 2. The number of rotatable bonds is 7. The van der Waals surface area contributed by atoms with E-state index in [-0.39, 0.29) is 47.6 Å². The zero-order valence-electron chi connectivity index (χ0n) is 18.9. The van der Waals surface area contributed by atoms with Gasteiger partial charge in [-0.3, -0.25) is 14.9 Å². The molecule has 180 valence electrons. The molecule has 35 heavy (non-hydrogen) atoms. The lowest BCUT2D eigenvalue weighted by Crippen LogP contribution is -2.33. The first kappa shape index (κ1) is 23.0. The van der Waals surface area contributed by atoms with Gasteiger partial charge in [0.25, 0.3) is 5.91 Å². The monoisotopic (exact) mass is 491 g/mol. The van der Waals surface area contributed by atoms with Crippen molar-refractivity contribution in [2.45, 2.75) is 37.6 Å². The van der Waals surface area contributed by atoms with Crippen LogP contribution in [-0.2, 0) is 9.53 Å². The molecule has 2 aliphatic carbocycles. The topological polar surface area (TPSA) is 118 Å². The molecule has 8 nitrogen and oxygen atoms in total. The van der Waals surface area contributed by atoms with Crippen LogP contribution >= 0.6 is 11.3 Å². The zero-order valence-corrected chi connectivity index (χ0v) is 19.7. The number of hydrogen-bond acceptors (Lipinski definition) is 6. The molecule has 1 saturated carbocycles. The number of fused-ring (bicyclic) bond motifs is 3. The van der Waals surface area contributed by atoms with Crippen molar-refractivity contribution in [3.63, 3.8) is 0 Å². The van der Waals surface area contributed by atoms with E-state index < -0.39 is 12.1 Å². The molecule has 0 bridgehead atoms. The smallest absolute Gasteiger partial charge is 0.413 e. The molecule has 9 heteroatoms. The van der Waals surface area contributed by atoms with Gasteiger partial charge in [0.15, 0.2) is 5.13 Å². The number of hydrogen-bond donors (Lipinski definition) is 3. The summed E-state index contributed by atoms with van der Waals surface area (Å²) < 4.78 is 5.53. The maximum absolute atomic E-state index is 12.5. The summed E-state index contributed by atoms with van der Waals surface area (Å²) in [6, 6.07) is 16.2. The first-order valence-electron chi connectivity index (χ1n) is 11.6. The number of thiazole rings is 1. The van der Waals surface area contributed by atoms with Crippen molar-refractivity contribution >= 4 is 34.4 Å². The Morgan fingerprint density at radius 1 is 1.03 bits per heavy atom. The van der Waals surface area contributed by atoms with E-state index in [0.29, 0.717) is 6.42 Å². The molecule has 1 aromatic heterocycles. The van der Waals surface area contributed by atoms with Gasteiger partial charge in [-0.15, -0.1) is 11.3 Å². The van der Waals surface area contributed by atoms with Gasteiger partial charge >= 0.3 is 12.1 Å². The summed E-state index contributed by atoms with van der Waals surface area (Å²) in [5.74, 6) is -1.10. The van der Waals surface area contributed by atoms with Gasteiger partial charge in [-0.1, -0.05) is 48.5 Å². The lowest BCUT2D eigenvalue weighted by molar-refractivity contribution is -0.138. The normalized spacial score (nSPS) is 18.5. The number of carbonyl (C=O) groups is 3. The van der Waals surface area contributed by atoms with Crippen molar-refractivity contribution in [2.24, 2.45) is 5.92 Å². The van der Waals surface area contributed by atoms with Gasteiger partial charge in [0.05, 0.1) is 0 Å². The Morgan fingerprint density at radius 2 is 1.71 bits per heavy atom. The number of aromatic nitrogens is 1. The lowest BCUT2D eigenvalue weighted by atomic mass is 9.98. The van der Waals surface area contributed by atoms with Crippen LogP contribution in [0.5, 0.6) is 0 Å². The maximum Gasteiger partial charge on any atom is 0.413 e. The van der Waals surface area contributed by atoms with E-state index >= 15 is 0 Å². The summed E-state index contributed by atoms with van der Waals surface area (Å²) in [5.41, 5.74) is 4.79. The van der Waals surface area contributed by atoms with Gasteiger partial charge in [0.1, 0.15) is 12.3 Å². The van der Waals surface area contributed by atoms with E-state index in [1.165, 1.54) is 0 Å². The van der Waals surface area contributed by atoms with E-state index in [4.69, 9.17) is 9.84 Å². The van der Waals surface area contributed by atoms with Crippen LogP contribution in [-0.4, -0.2) is 40.7 Å². The minimum absolute atomic E-state index is 0.0397. The van der Waals surface area contributed by atoms with E-state index in [1.54, 1.807) is 5.38 Å². The Balaban J connectivity index is 1.15. The van der Waals surface area contributed by atoms with Crippen LogP contribution in [0.2, 0.25) is 0 Å². The molecule has 0 aliphatic heterocycles. The summed E-state index contributed by atoms with van der Waals surface area (Å²) in [7, 11) is 0. The van der Waals surface area contributed by atoms with Gasteiger partial charge in [-0.2, -0.15) is 0 Å². The average Bonchev–Trinajstić information content (AvgIpc) is 3.55. The van der Waals surface area contributed by atoms with E-state index in [1.807, 2.05) is 24.3 Å². The van der Waals surface area contributed by atoms with Crippen LogP contribution in [0.1, 0.15) is 53.2 Å². The molecule has 2 amide bonds. The quantitative estimate of drug-likeness (QED) is 0.434. The van der Waals surface area contributed by atoms with Crippen LogP contribution in [0.15, 0.2) is 53.9 Å². The first-order chi connectivity index (χ1) is 17.0. The van der Waals surface area contributed by atoms with Gasteiger partial charge in [0.2, 0.25) is 0 Å². The van der Waals surface area contributed by atoms with Gasteiger partial charge in [0, 0.05) is 23.8 Å². The third-order valence-electron chi connectivity index (χ3n) is 6.63. The van der Waals surface area contributed by atoms with E-state index in [9.17, 15) is 14.4 Å². The highest BCUT2D eigenvalue weighted by molar-refractivity contribution is 7.14. The summed E-state index contributed by atoms with van der Waals surface area (Å²) in [6.45, 7) is 0.192. The standard InChI is InChI=1S/C26H25N3O5S/c30-23(31)12-15-9-10-16(11-15)27-24(32)22-14-35-25(28-22)29-26(33)34-13-21-19-7-3-1-5-17(19)18-6-2-4-8-20(18)21/h1-8,14-16,21H,9-13H2,(H,27,32)(H,30,31)(H,28,29,33)/t15-,16+/m1/s1. The highest BCUT2D eigenvalue weighted by Gasteiger charge is 2.30. The molecule has 0 spiro atoms. The molecule has 3 N–H and O–H groups in total. The second-order valence-corrected chi connectivity index (χ2v) is 9.79. The summed E-state index contributed by atoms with van der Waals surface area (Å²) in [6.07, 6.45) is 1.67. The number of carboxylic acids is 1. The van der Waals surface area contributed by atoms with Crippen LogP contribution in [0.3, 0.4) is 0 Å². The number of aliphatic carboxylic acids is 1. The van der Waals surface area contributed by atoms with Crippen LogP contribution in [0.25, 0.3) is 11.1 Å². The van der Waals surface area contributed by atoms with Crippen molar-refractivity contribution < 1.29 is 24.2 Å². The molecule has 2 atom stereocenters. The van der Waals surface area contributed by atoms with Crippen molar-refractivity contribution in [2.75, 3.05) is 11.9 Å². The second-order valence-electron chi connectivity index (χ2n) is 8.94. The molecule has 3 aromatic rings. The van der Waals surface area contributed by atoms with Crippen molar-refractivity contribution in [3.05, 3.63) is 70.7 Å². The minimum atomic E-state index is -0.814. The molecule has 5 rings (SSSR count). The Labute approximate surface area is 206 Å².